The fourth-order valence-corrected chi connectivity index (χ4v) is 6.03. The number of rotatable bonds is 4. The third kappa shape index (κ3) is 3.28. The third-order valence-electron chi connectivity index (χ3n) is 7.93. The maximum absolute atomic E-state index is 2.81. The van der Waals surface area contributed by atoms with E-state index in [1.165, 1.54) is 58.4 Å². The van der Waals surface area contributed by atoms with Crippen molar-refractivity contribution < 1.29 is 0 Å². The molecule has 0 aromatic carbocycles. The standard InChI is InChI=1S/C21H40N4/c1-20(2,3)25-15-18-11-19(25)12-23(18)10-9-21(4,5)24-13-16-7-8-17(14-24)22(16)6/h16-19H,7-15H2,1-6H3. The van der Waals surface area contributed by atoms with Crippen LogP contribution in [-0.4, -0.2) is 94.6 Å². The Morgan fingerprint density at radius 1 is 0.800 bits per heavy atom. The summed E-state index contributed by atoms with van der Waals surface area (Å²) < 4.78 is 0. The predicted octanol–water partition coefficient (Wildman–Crippen LogP) is 2.49. The summed E-state index contributed by atoms with van der Waals surface area (Å²) in [6.45, 7) is 18.6. The van der Waals surface area contributed by atoms with E-state index >= 15 is 0 Å². The molecular weight excluding hydrogens is 308 g/mol. The zero-order valence-corrected chi connectivity index (χ0v) is 17.5. The van der Waals surface area contributed by atoms with Gasteiger partial charge in [-0.25, -0.2) is 0 Å². The maximum Gasteiger partial charge on any atom is 0.0244 e. The molecule has 0 amide bonds. The number of hydrogen-bond donors (Lipinski definition) is 0. The number of nitrogens with zero attached hydrogens (tertiary/aromatic N) is 4. The fourth-order valence-electron chi connectivity index (χ4n) is 6.03. The average Bonchev–Trinajstić information content (AvgIpc) is 3.15. The smallest absolute Gasteiger partial charge is 0.0244 e. The molecule has 0 N–H and O–H groups in total. The van der Waals surface area contributed by atoms with Gasteiger partial charge >= 0.3 is 0 Å². The number of likely N-dealkylation sites (N-methyl/N-ethyl adjacent to an activating group) is 1. The van der Waals surface area contributed by atoms with E-state index in [1.807, 2.05) is 0 Å². The SMILES string of the molecule is CN1C2CCC1CN(C(C)(C)CCN1CC3CC1CN3C(C)(C)C)C2. The summed E-state index contributed by atoms with van der Waals surface area (Å²) in [4.78, 5) is 11.0. The molecule has 4 heteroatoms. The number of piperazine rings is 2. The van der Waals surface area contributed by atoms with Crippen molar-refractivity contribution in [3.8, 4) is 0 Å². The quantitative estimate of drug-likeness (QED) is 0.774. The number of hydrogen-bond acceptors (Lipinski definition) is 4. The van der Waals surface area contributed by atoms with E-state index < -0.39 is 0 Å². The largest absolute Gasteiger partial charge is 0.298 e. The molecule has 4 unspecified atom stereocenters. The van der Waals surface area contributed by atoms with Crippen LogP contribution in [0.2, 0.25) is 0 Å². The summed E-state index contributed by atoms with van der Waals surface area (Å²) in [5.41, 5.74) is 0.678. The van der Waals surface area contributed by atoms with Gasteiger partial charge in [0.25, 0.3) is 0 Å². The molecule has 144 valence electrons. The van der Waals surface area contributed by atoms with Crippen LogP contribution in [0, 0.1) is 0 Å². The monoisotopic (exact) mass is 348 g/mol. The molecule has 0 spiro atoms. The Morgan fingerprint density at radius 2 is 1.44 bits per heavy atom. The molecule has 4 heterocycles. The van der Waals surface area contributed by atoms with Gasteiger partial charge in [-0.2, -0.15) is 0 Å². The first-order valence-electron chi connectivity index (χ1n) is 10.6. The Balaban J connectivity index is 1.31. The Bertz CT molecular complexity index is 483. The molecule has 4 bridgehead atoms. The van der Waals surface area contributed by atoms with Crippen molar-refractivity contribution in [2.75, 3.05) is 39.8 Å². The lowest BCUT2D eigenvalue weighted by Gasteiger charge is -2.48. The molecule has 0 aliphatic carbocycles. The third-order valence-corrected chi connectivity index (χ3v) is 7.93. The van der Waals surface area contributed by atoms with Crippen molar-refractivity contribution in [1.29, 1.82) is 0 Å². The van der Waals surface area contributed by atoms with Gasteiger partial charge in [0.15, 0.2) is 0 Å². The minimum Gasteiger partial charge on any atom is -0.298 e. The van der Waals surface area contributed by atoms with E-state index in [0.717, 1.165) is 24.2 Å². The summed E-state index contributed by atoms with van der Waals surface area (Å²) in [5.74, 6) is 0. The first kappa shape index (κ1) is 18.2. The highest BCUT2D eigenvalue weighted by Gasteiger charge is 2.47. The Kier molecular flexibility index (Phi) is 4.51. The first-order chi connectivity index (χ1) is 11.6. The minimum atomic E-state index is 0.337. The highest BCUT2D eigenvalue weighted by molar-refractivity contribution is 5.04. The van der Waals surface area contributed by atoms with E-state index in [2.05, 4.69) is 61.3 Å². The van der Waals surface area contributed by atoms with Crippen LogP contribution in [0.5, 0.6) is 0 Å². The lowest BCUT2D eigenvalue weighted by atomic mass is 9.95. The van der Waals surface area contributed by atoms with Gasteiger partial charge in [0.1, 0.15) is 0 Å². The molecule has 4 atom stereocenters. The Morgan fingerprint density at radius 3 is 1.96 bits per heavy atom. The minimum absolute atomic E-state index is 0.337. The van der Waals surface area contributed by atoms with Crippen molar-refractivity contribution in [2.24, 2.45) is 0 Å². The van der Waals surface area contributed by atoms with Crippen LogP contribution in [0.15, 0.2) is 0 Å². The molecule has 0 radical (unpaired) electrons. The lowest BCUT2D eigenvalue weighted by Crippen LogP contribution is -2.59. The van der Waals surface area contributed by atoms with Gasteiger partial charge in [0.2, 0.25) is 0 Å². The molecule has 4 fully saturated rings. The van der Waals surface area contributed by atoms with Crippen molar-refractivity contribution in [2.45, 2.75) is 95.5 Å². The number of likely N-dealkylation sites (tertiary alicyclic amines) is 3. The van der Waals surface area contributed by atoms with Crippen LogP contribution in [0.25, 0.3) is 0 Å². The highest BCUT2D eigenvalue weighted by atomic mass is 15.4. The van der Waals surface area contributed by atoms with E-state index in [9.17, 15) is 0 Å². The van der Waals surface area contributed by atoms with Gasteiger partial charge in [-0.3, -0.25) is 19.6 Å². The molecule has 4 aliphatic heterocycles. The van der Waals surface area contributed by atoms with Gasteiger partial charge in [-0.15, -0.1) is 0 Å². The first-order valence-corrected chi connectivity index (χ1v) is 10.6. The molecule has 0 aromatic rings. The molecule has 0 saturated carbocycles. The highest BCUT2D eigenvalue weighted by Crippen LogP contribution is 2.37. The Hall–Kier alpha value is -0.160. The summed E-state index contributed by atoms with van der Waals surface area (Å²) >= 11 is 0. The topological polar surface area (TPSA) is 13.0 Å². The molecular formula is C21H40N4. The van der Waals surface area contributed by atoms with Gasteiger partial charge in [0, 0.05) is 68.0 Å². The summed E-state index contributed by atoms with van der Waals surface area (Å²) in [7, 11) is 2.34. The second kappa shape index (κ2) is 6.19. The van der Waals surface area contributed by atoms with E-state index in [1.54, 1.807) is 0 Å². The lowest BCUT2D eigenvalue weighted by molar-refractivity contribution is 0.00571. The van der Waals surface area contributed by atoms with Crippen molar-refractivity contribution in [1.82, 2.24) is 19.6 Å². The van der Waals surface area contributed by atoms with Crippen LogP contribution in [0.4, 0.5) is 0 Å². The molecule has 4 aliphatic rings. The van der Waals surface area contributed by atoms with Crippen LogP contribution < -0.4 is 0 Å². The Labute approximate surface area is 155 Å². The van der Waals surface area contributed by atoms with Crippen LogP contribution in [-0.2, 0) is 0 Å². The summed E-state index contributed by atoms with van der Waals surface area (Å²) in [6, 6.07) is 3.22. The second-order valence-electron chi connectivity index (χ2n) is 10.9. The fraction of sp³-hybridized carbons (Fsp3) is 1.00. The van der Waals surface area contributed by atoms with E-state index in [4.69, 9.17) is 0 Å². The molecule has 0 aromatic heterocycles. The predicted molar refractivity (Wildman–Crippen MR) is 105 cm³/mol. The molecule has 4 nitrogen and oxygen atoms in total. The second-order valence-corrected chi connectivity index (χ2v) is 10.9. The number of fused-ring (bicyclic) bond motifs is 4. The van der Waals surface area contributed by atoms with Gasteiger partial charge in [0.05, 0.1) is 0 Å². The summed E-state index contributed by atoms with van der Waals surface area (Å²) in [6.07, 6.45) is 5.53. The van der Waals surface area contributed by atoms with E-state index in [-0.39, 0.29) is 0 Å². The maximum atomic E-state index is 2.81. The molecule has 4 saturated heterocycles. The van der Waals surface area contributed by atoms with Crippen molar-refractivity contribution in [3.05, 3.63) is 0 Å². The van der Waals surface area contributed by atoms with Crippen LogP contribution in [0.1, 0.15) is 60.3 Å². The van der Waals surface area contributed by atoms with Crippen LogP contribution in [0.3, 0.4) is 0 Å². The van der Waals surface area contributed by atoms with Crippen LogP contribution >= 0.6 is 0 Å². The molecule has 4 rings (SSSR count). The van der Waals surface area contributed by atoms with Gasteiger partial charge in [-0.1, -0.05) is 0 Å². The van der Waals surface area contributed by atoms with Gasteiger partial charge in [-0.05, 0) is 67.3 Å². The zero-order valence-electron chi connectivity index (χ0n) is 17.5. The van der Waals surface area contributed by atoms with Crippen molar-refractivity contribution in [3.63, 3.8) is 0 Å². The van der Waals surface area contributed by atoms with Gasteiger partial charge < -0.3 is 0 Å². The molecule has 25 heavy (non-hydrogen) atoms. The normalized spacial score (nSPS) is 38.2. The van der Waals surface area contributed by atoms with E-state index in [0.29, 0.717) is 11.1 Å². The summed E-state index contributed by atoms with van der Waals surface area (Å²) in [5, 5.41) is 0. The average molecular weight is 349 g/mol. The zero-order chi connectivity index (χ0) is 18.0. The van der Waals surface area contributed by atoms with Crippen molar-refractivity contribution >= 4 is 0 Å².